The van der Waals surface area contributed by atoms with Gasteiger partial charge in [-0.3, -0.25) is 10.1 Å². The molecule has 0 aromatic carbocycles. The van der Waals surface area contributed by atoms with E-state index in [2.05, 4.69) is 5.32 Å². The van der Waals surface area contributed by atoms with Crippen LogP contribution in [0.5, 0.6) is 0 Å². The number of nitrogens with zero attached hydrogens (tertiary/aromatic N) is 1. The lowest BCUT2D eigenvalue weighted by Crippen LogP contribution is -2.50. The zero-order valence-electron chi connectivity index (χ0n) is 12.0. The molecule has 0 unspecified atom stereocenters. The highest BCUT2D eigenvalue weighted by Gasteiger charge is 2.49. The van der Waals surface area contributed by atoms with Gasteiger partial charge in [0.1, 0.15) is 5.54 Å². The molecule has 1 heterocycles. The van der Waals surface area contributed by atoms with E-state index in [1.165, 1.54) is 0 Å². The van der Waals surface area contributed by atoms with E-state index in [1.807, 2.05) is 34.6 Å². The fourth-order valence-electron chi connectivity index (χ4n) is 2.31. The van der Waals surface area contributed by atoms with Crippen LogP contribution in [-0.2, 0) is 9.53 Å². The average molecular weight is 256 g/mol. The third-order valence-corrected chi connectivity index (χ3v) is 3.42. The van der Waals surface area contributed by atoms with Crippen molar-refractivity contribution >= 4 is 11.9 Å². The van der Waals surface area contributed by atoms with Crippen molar-refractivity contribution in [2.24, 2.45) is 0 Å². The van der Waals surface area contributed by atoms with Gasteiger partial charge >= 0.3 is 6.03 Å². The minimum absolute atomic E-state index is 0.187. The number of nitrogens with one attached hydrogen (secondary N) is 1. The van der Waals surface area contributed by atoms with Crippen molar-refractivity contribution in [1.82, 2.24) is 10.2 Å². The van der Waals surface area contributed by atoms with E-state index in [4.69, 9.17) is 4.74 Å². The van der Waals surface area contributed by atoms with E-state index in [1.54, 1.807) is 4.90 Å². The monoisotopic (exact) mass is 256 g/mol. The summed E-state index contributed by atoms with van der Waals surface area (Å²) in [5.41, 5.74) is -0.931. The predicted molar refractivity (Wildman–Crippen MR) is 69.3 cm³/mol. The molecule has 0 aliphatic carbocycles. The van der Waals surface area contributed by atoms with E-state index in [0.717, 1.165) is 0 Å². The van der Waals surface area contributed by atoms with Gasteiger partial charge in [-0.1, -0.05) is 13.8 Å². The van der Waals surface area contributed by atoms with Gasteiger partial charge in [-0.15, -0.1) is 0 Å². The maximum atomic E-state index is 11.9. The Morgan fingerprint density at radius 3 is 2.22 bits per heavy atom. The Hall–Kier alpha value is -1.10. The highest BCUT2D eigenvalue weighted by molar-refractivity contribution is 6.06. The number of rotatable bonds is 5. The molecule has 0 aromatic heterocycles. The minimum atomic E-state index is -0.696. The summed E-state index contributed by atoms with van der Waals surface area (Å²) in [7, 11) is 0. The zero-order chi connectivity index (χ0) is 14.0. The fraction of sp³-hybridized carbons (Fsp3) is 0.846. The molecule has 1 saturated heterocycles. The number of carbonyl (C=O) groups is 2. The van der Waals surface area contributed by atoms with Gasteiger partial charge in [0.15, 0.2) is 0 Å². The van der Waals surface area contributed by atoms with Crippen molar-refractivity contribution in [1.29, 1.82) is 0 Å². The molecule has 0 aromatic rings. The van der Waals surface area contributed by atoms with Gasteiger partial charge in [-0.2, -0.15) is 0 Å². The van der Waals surface area contributed by atoms with Crippen LogP contribution in [0, 0.1) is 0 Å². The maximum Gasteiger partial charge on any atom is 0.325 e. The van der Waals surface area contributed by atoms with Gasteiger partial charge in [0.25, 0.3) is 5.91 Å². The maximum absolute atomic E-state index is 11.9. The van der Waals surface area contributed by atoms with Crippen LogP contribution in [0.3, 0.4) is 0 Å². The standard InChI is InChI=1S/C13H24N2O3/c1-6-13(7-2)10(16)14-11(17)15(13)8-9-18-12(3,4)5/h6-9H2,1-5H3,(H,14,16,17). The molecule has 1 N–H and O–H groups in total. The van der Waals surface area contributed by atoms with Gasteiger partial charge in [0.2, 0.25) is 0 Å². The molecule has 3 amide bonds. The molecule has 1 fully saturated rings. The number of ether oxygens (including phenoxy) is 1. The lowest BCUT2D eigenvalue weighted by molar-refractivity contribution is -0.127. The fourth-order valence-corrected chi connectivity index (χ4v) is 2.31. The number of hydrogen-bond acceptors (Lipinski definition) is 3. The first-order valence-corrected chi connectivity index (χ1v) is 6.54. The topological polar surface area (TPSA) is 58.6 Å². The number of imide groups is 1. The van der Waals surface area contributed by atoms with Crippen LogP contribution in [-0.4, -0.2) is 41.1 Å². The second kappa shape index (κ2) is 5.26. The summed E-state index contributed by atoms with van der Waals surface area (Å²) >= 11 is 0. The van der Waals surface area contributed by atoms with Crippen molar-refractivity contribution in [3.63, 3.8) is 0 Å². The van der Waals surface area contributed by atoms with Crippen molar-refractivity contribution in [3.05, 3.63) is 0 Å². The molecule has 5 nitrogen and oxygen atoms in total. The Morgan fingerprint density at radius 1 is 1.22 bits per heavy atom. The highest BCUT2D eigenvalue weighted by atomic mass is 16.5. The molecule has 104 valence electrons. The van der Waals surface area contributed by atoms with E-state index in [0.29, 0.717) is 26.0 Å². The number of hydrogen-bond donors (Lipinski definition) is 1. The third kappa shape index (κ3) is 2.83. The summed E-state index contributed by atoms with van der Waals surface area (Å²) in [5.74, 6) is -0.187. The number of carbonyl (C=O) groups excluding carboxylic acids is 2. The highest BCUT2D eigenvalue weighted by Crippen LogP contribution is 2.28. The molecule has 18 heavy (non-hydrogen) atoms. The number of amides is 3. The van der Waals surface area contributed by atoms with Crippen molar-refractivity contribution in [2.45, 2.75) is 58.6 Å². The SMILES string of the molecule is CCC1(CC)C(=O)NC(=O)N1CCOC(C)(C)C. The molecule has 0 radical (unpaired) electrons. The lowest BCUT2D eigenvalue weighted by atomic mass is 9.91. The summed E-state index contributed by atoms with van der Waals surface area (Å²) < 4.78 is 5.62. The van der Waals surface area contributed by atoms with Crippen LogP contribution in [0.4, 0.5) is 4.79 Å². The molecule has 1 aliphatic rings. The van der Waals surface area contributed by atoms with Crippen molar-refractivity contribution < 1.29 is 14.3 Å². The molecule has 0 bridgehead atoms. The zero-order valence-corrected chi connectivity index (χ0v) is 12.0. The number of urea groups is 1. The van der Waals surface area contributed by atoms with Crippen LogP contribution in [0.25, 0.3) is 0 Å². The first-order chi connectivity index (χ1) is 8.27. The van der Waals surface area contributed by atoms with Crippen LogP contribution in [0.15, 0.2) is 0 Å². The van der Waals surface area contributed by atoms with Crippen molar-refractivity contribution in [2.75, 3.05) is 13.2 Å². The summed E-state index contributed by atoms with van der Waals surface area (Å²) in [6.07, 6.45) is 1.24. The Bertz CT molecular complexity index is 330. The second-order valence-corrected chi connectivity index (χ2v) is 5.61. The van der Waals surface area contributed by atoms with E-state index < -0.39 is 5.54 Å². The van der Waals surface area contributed by atoms with Gasteiger partial charge in [-0.25, -0.2) is 4.79 Å². The van der Waals surface area contributed by atoms with Gasteiger partial charge in [-0.05, 0) is 33.6 Å². The molecule has 0 spiro atoms. The Labute approximate surface area is 109 Å². The molecule has 1 aliphatic heterocycles. The second-order valence-electron chi connectivity index (χ2n) is 5.61. The smallest absolute Gasteiger partial charge is 0.325 e. The summed E-state index contributed by atoms with van der Waals surface area (Å²) in [5, 5.41) is 2.40. The quantitative estimate of drug-likeness (QED) is 0.764. The summed E-state index contributed by atoms with van der Waals surface area (Å²) in [6, 6.07) is -0.304. The van der Waals surface area contributed by atoms with Crippen LogP contribution in [0.2, 0.25) is 0 Å². The van der Waals surface area contributed by atoms with Crippen LogP contribution in [0.1, 0.15) is 47.5 Å². The van der Waals surface area contributed by atoms with Gasteiger partial charge in [0.05, 0.1) is 12.2 Å². The molecule has 0 atom stereocenters. The average Bonchev–Trinajstić information content (AvgIpc) is 2.49. The van der Waals surface area contributed by atoms with Crippen molar-refractivity contribution in [3.8, 4) is 0 Å². The largest absolute Gasteiger partial charge is 0.374 e. The Balaban J connectivity index is 2.72. The third-order valence-electron chi connectivity index (χ3n) is 3.42. The van der Waals surface area contributed by atoms with E-state index >= 15 is 0 Å². The Kier molecular flexibility index (Phi) is 4.37. The first-order valence-electron chi connectivity index (χ1n) is 6.54. The summed E-state index contributed by atoms with van der Waals surface area (Å²) in [4.78, 5) is 25.3. The summed E-state index contributed by atoms with van der Waals surface area (Å²) in [6.45, 7) is 10.6. The van der Waals surface area contributed by atoms with E-state index in [9.17, 15) is 9.59 Å². The molecular weight excluding hydrogens is 232 g/mol. The molecule has 5 heteroatoms. The van der Waals surface area contributed by atoms with Crippen LogP contribution >= 0.6 is 0 Å². The van der Waals surface area contributed by atoms with E-state index in [-0.39, 0.29) is 17.5 Å². The minimum Gasteiger partial charge on any atom is -0.374 e. The molecule has 0 saturated carbocycles. The Morgan fingerprint density at radius 2 is 1.78 bits per heavy atom. The molecule has 1 rings (SSSR count). The van der Waals surface area contributed by atoms with Gasteiger partial charge < -0.3 is 9.64 Å². The predicted octanol–water partition coefficient (Wildman–Crippen LogP) is 1.91. The van der Waals surface area contributed by atoms with Crippen LogP contribution < -0.4 is 5.32 Å². The first kappa shape index (κ1) is 15.0. The molecular formula is C13H24N2O3. The normalized spacial score (nSPS) is 19.3. The van der Waals surface area contributed by atoms with Gasteiger partial charge in [0, 0.05) is 6.54 Å². The lowest BCUT2D eigenvalue weighted by Gasteiger charge is -2.34.